The number of hydrogen-bond donors (Lipinski definition) is 1. The molecule has 1 aromatic rings. The van der Waals surface area contributed by atoms with Gasteiger partial charge in [-0.05, 0) is 32.2 Å². The molecule has 2 rings (SSSR count). The van der Waals surface area contributed by atoms with Crippen LogP contribution in [-0.4, -0.2) is 16.1 Å². The first-order chi connectivity index (χ1) is 7.54. The number of hydrogen-bond acceptors (Lipinski definition) is 2. The second-order valence-corrected chi connectivity index (χ2v) is 4.07. The lowest BCUT2D eigenvalue weighted by atomic mass is 9.99. The Morgan fingerprint density at radius 2 is 2.25 bits per heavy atom. The smallest absolute Gasteiger partial charge is 0.331 e. The zero-order valence-electron chi connectivity index (χ0n) is 8.80. The molecule has 0 bridgehead atoms. The monoisotopic (exact) mass is 233 g/mol. The quantitative estimate of drug-likeness (QED) is 0.850. The zero-order chi connectivity index (χ0) is 11.8. The van der Waals surface area contributed by atoms with E-state index in [1.807, 2.05) is 0 Å². The standard InChI is InChI=1S/C10H14F3N3/c11-10(12,13)9-8-3-1-2-7(4-5-14)16(8)6-15-9/h6-7H,1-5,14H2. The van der Waals surface area contributed by atoms with Crippen molar-refractivity contribution in [1.29, 1.82) is 0 Å². The fourth-order valence-corrected chi connectivity index (χ4v) is 2.31. The molecule has 6 heteroatoms. The third-order valence-electron chi connectivity index (χ3n) is 3.01. The lowest BCUT2D eigenvalue weighted by molar-refractivity contribution is -0.141. The molecule has 2 heterocycles. The fourth-order valence-electron chi connectivity index (χ4n) is 2.31. The van der Waals surface area contributed by atoms with Crippen molar-refractivity contribution in [3.8, 4) is 0 Å². The van der Waals surface area contributed by atoms with E-state index in [-0.39, 0.29) is 6.04 Å². The summed E-state index contributed by atoms with van der Waals surface area (Å²) >= 11 is 0. The maximum Gasteiger partial charge on any atom is 0.435 e. The van der Waals surface area contributed by atoms with Crippen molar-refractivity contribution in [1.82, 2.24) is 9.55 Å². The van der Waals surface area contributed by atoms with Gasteiger partial charge in [0.1, 0.15) is 0 Å². The van der Waals surface area contributed by atoms with Crippen molar-refractivity contribution >= 4 is 0 Å². The minimum absolute atomic E-state index is 0.0809. The van der Waals surface area contributed by atoms with Gasteiger partial charge >= 0.3 is 6.18 Å². The Balaban J connectivity index is 2.35. The van der Waals surface area contributed by atoms with E-state index in [2.05, 4.69) is 4.98 Å². The fraction of sp³-hybridized carbons (Fsp3) is 0.700. The number of aromatic nitrogens is 2. The highest BCUT2D eigenvalue weighted by atomic mass is 19.4. The number of alkyl halides is 3. The summed E-state index contributed by atoms with van der Waals surface area (Å²) in [7, 11) is 0. The Labute approximate surface area is 91.5 Å². The highest BCUT2D eigenvalue weighted by Crippen LogP contribution is 2.36. The van der Waals surface area contributed by atoms with E-state index in [1.54, 1.807) is 4.57 Å². The molecule has 0 radical (unpaired) electrons. The van der Waals surface area contributed by atoms with Crippen LogP contribution in [0.25, 0.3) is 0 Å². The topological polar surface area (TPSA) is 43.8 Å². The van der Waals surface area contributed by atoms with Gasteiger partial charge in [0.05, 0.1) is 12.0 Å². The van der Waals surface area contributed by atoms with Crippen molar-refractivity contribution in [2.24, 2.45) is 5.73 Å². The van der Waals surface area contributed by atoms with Crippen LogP contribution in [0.15, 0.2) is 6.33 Å². The van der Waals surface area contributed by atoms with Gasteiger partial charge in [-0.2, -0.15) is 13.2 Å². The largest absolute Gasteiger partial charge is 0.435 e. The average Bonchev–Trinajstić information content (AvgIpc) is 2.62. The van der Waals surface area contributed by atoms with Gasteiger partial charge in [-0.15, -0.1) is 0 Å². The van der Waals surface area contributed by atoms with Crippen LogP contribution in [0.1, 0.15) is 36.7 Å². The van der Waals surface area contributed by atoms with E-state index >= 15 is 0 Å². The van der Waals surface area contributed by atoms with Crippen molar-refractivity contribution in [3.05, 3.63) is 17.7 Å². The first-order valence-electron chi connectivity index (χ1n) is 5.37. The van der Waals surface area contributed by atoms with Gasteiger partial charge in [0.2, 0.25) is 0 Å². The van der Waals surface area contributed by atoms with Crippen LogP contribution in [0.5, 0.6) is 0 Å². The molecule has 2 N–H and O–H groups in total. The Bertz CT molecular complexity index is 370. The van der Waals surface area contributed by atoms with E-state index in [0.717, 1.165) is 12.8 Å². The number of nitrogens with zero attached hydrogens (tertiary/aromatic N) is 2. The van der Waals surface area contributed by atoms with E-state index in [4.69, 9.17) is 5.73 Å². The molecule has 0 saturated carbocycles. The highest BCUT2D eigenvalue weighted by molar-refractivity contribution is 5.19. The molecule has 1 aromatic heterocycles. The predicted octanol–water partition coefficient (Wildman–Crippen LogP) is 2.13. The third-order valence-corrected chi connectivity index (χ3v) is 3.01. The molecule has 1 unspecified atom stereocenters. The number of nitrogens with two attached hydrogens (primary N) is 1. The summed E-state index contributed by atoms with van der Waals surface area (Å²) in [4.78, 5) is 3.50. The van der Waals surface area contributed by atoms with Crippen molar-refractivity contribution in [3.63, 3.8) is 0 Å². The normalized spacial score (nSPS) is 20.9. The van der Waals surface area contributed by atoms with Gasteiger partial charge < -0.3 is 10.3 Å². The first-order valence-corrected chi connectivity index (χ1v) is 5.37. The SMILES string of the molecule is NCCC1CCCc2c(C(F)(F)F)ncn21. The predicted molar refractivity (Wildman–Crippen MR) is 52.9 cm³/mol. The zero-order valence-corrected chi connectivity index (χ0v) is 8.80. The van der Waals surface area contributed by atoms with Gasteiger partial charge in [-0.1, -0.05) is 0 Å². The summed E-state index contributed by atoms with van der Waals surface area (Å²) in [5, 5.41) is 0. The van der Waals surface area contributed by atoms with Crippen molar-refractivity contribution in [2.45, 2.75) is 37.9 Å². The van der Waals surface area contributed by atoms with Gasteiger partial charge in [-0.25, -0.2) is 4.98 Å². The molecule has 0 spiro atoms. The summed E-state index contributed by atoms with van der Waals surface area (Å²) in [6.07, 6.45) is -0.212. The van der Waals surface area contributed by atoms with E-state index in [1.165, 1.54) is 6.33 Å². The maximum absolute atomic E-state index is 12.6. The summed E-state index contributed by atoms with van der Waals surface area (Å²) in [5.74, 6) is 0. The number of halogens is 3. The molecule has 0 saturated heterocycles. The number of imidazole rings is 1. The minimum atomic E-state index is -4.34. The molecule has 0 fully saturated rings. The summed E-state index contributed by atoms with van der Waals surface area (Å²) in [6.45, 7) is 0.490. The summed E-state index contributed by atoms with van der Waals surface area (Å²) in [6, 6.07) is 0.0809. The summed E-state index contributed by atoms with van der Waals surface area (Å²) in [5.41, 5.74) is 5.04. The van der Waals surface area contributed by atoms with Crippen LogP contribution in [0.3, 0.4) is 0 Å². The molecule has 0 aromatic carbocycles. The van der Waals surface area contributed by atoms with Gasteiger partial charge in [0.15, 0.2) is 5.69 Å². The molecule has 1 aliphatic rings. The lowest BCUT2D eigenvalue weighted by Gasteiger charge is -2.25. The van der Waals surface area contributed by atoms with E-state index in [9.17, 15) is 13.2 Å². The number of fused-ring (bicyclic) bond motifs is 1. The van der Waals surface area contributed by atoms with Crippen LogP contribution in [0.4, 0.5) is 13.2 Å². The Morgan fingerprint density at radius 1 is 1.50 bits per heavy atom. The minimum Gasteiger partial charge on any atom is -0.331 e. The molecular formula is C10H14F3N3. The van der Waals surface area contributed by atoms with Gasteiger partial charge in [0, 0.05) is 6.04 Å². The first kappa shape index (κ1) is 11.4. The Morgan fingerprint density at radius 3 is 2.88 bits per heavy atom. The Kier molecular flexibility index (Phi) is 2.92. The second kappa shape index (κ2) is 4.08. The molecule has 0 amide bonds. The van der Waals surface area contributed by atoms with Crippen LogP contribution >= 0.6 is 0 Å². The van der Waals surface area contributed by atoms with E-state index in [0.29, 0.717) is 25.1 Å². The van der Waals surface area contributed by atoms with E-state index < -0.39 is 11.9 Å². The molecule has 3 nitrogen and oxygen atoms in total. The third kappa shape index (κ3) is 1.93. The molecule has 1 aliphatic heterocycles. The highest BCUT2D eigenvalue weighted by Gasteiger charge is 2.38. The van der Waals surface area contributed by atoms with Crippen LogP contribution in [0, 0.1) is 0 Å². The maximum atomic E-state index is 12.6. The van der Waals surface area contributed by atoms with Crippen LogP contribution < -0.4 is 5.73 Å². The van der Waals surface area contributed by atoms with Crippen LogP contribution in [-0.2, 0) is 12.6 Å². The van der Waals surface area contributed by atoms with Crippen molar-refractivity contribution < 1.29 is 13.2 Å². The molecule has 16 heavy (non-hydrogen) atoms. The van der Waals surface area contributed by atoms with Crippen molar-refractivity contribution in [2.75, 3.05) is 6.54 Å². The molecule has 90 valence electrons. The Hall–Kier alpha value is -1.04. The lowest BCUT2D eigenvalue weighted by Crippen LogP contribution is -2.21. The molecule has 1 atom stereocenters. The summed E-state index contributed by atoms with van der Waals surface area (Å²) < 4.78 is 39.5. The number of rotatable bonds is 2. The van der Waals surface area contributed by atoms with Crippen LogP contribution in [0.2, 0.25) is 0 Å². The van der Waals surface area contributed by atoms with Gasteiger partial charge in [-0.3, -0.25) is 0 Å². The molecular weight excluding hydrogens is 219 g/mol. The second-order valence-electron chi connectivity index (χ2n) is 4.07. The molecule has 0 aliphatic carbocycles. The van der Waals surface area contributed by atoms with Gasteiger partial charge in [0.25, 0.3) is 0 Å². The average molecular weight is 233 g/mol.